The van der Waals surface area contributed by atoms with Crippen LogP contribution in [0.3, 0.4) is 0 Å². The minimum atomic E-state index is 0.407. The highest BCUT2D eigenvalue weighted by Crippen LogP contribution is 2.13. The van der Waals surface area contributed by atoms with Crippen molar-refractivity contribution >= 4 is 17.1 Å². The van der Waals surface area contributed by atoms with E-state index in [0.717, 1.165) is 25.9 Å². The summed E-state index contributed by atoms with van der Waals surface area (Å²) in [5.74, 6) is 0. The predicted molar refractivity (Wildman–Crippen MR) is 113 cm³/mol. The Morgan fingerprint density at radius 1 is 0.500 bits per heavy atom. The molecule has 3 nitrogen and oxygen atoms in total. The molecule has 3 rings (SSSR count). The Hall–Kier alpha value is -2.94. The lowest BCUT2D eigenvalue weighted by molar-refractivity contribution is 0.637. The van der Waals surface area contributed by atoms with Crippen LogP contribution in [-0.2, 0) is 0 Å². The molecule has 134 valence electrons. The van der Waals surface area contributed by atoms with E-state index in [-0.39, 0.29) is 0 Å². The molecule has 0 saturated carbocycles. The van der Waals surface area contributed by atoms with Gasteiger partial charge in [-0.05, 0) is 49.2 Å². The third kappa shape index (κ3) is 6.17. The van der Waals surface area contributed by atoms with Crippen molar-refractivity contribution in [2.75, 3.05) is 29.0 Å². The number of rotatable bonds is 10. The van der Waals surface area contributed by atoms with Crippen LogP contribution in [0.15, 0.2) is 91.0 Å². The number of hydrogen-bond donors (Lipinski definition) is 3. The molecule has 3 heteroatoms. The zero-order valence-corrected chi connectivity index (χ0v) is 15.1. The van der Waals surface area contributed by atoms with Gasteiger partial charge in [0.25, 0.3) is 0 Å². The van der Waals surface area contributed by atoms with Crippen LogP contribution in [0, 0.1) is 0 Å². The Bertz CT molecular complexity index is 684. The molecule has 0 unspecified atom stereocenters. The molecule has 0 heterocycles. The summed E-state index contributed by atoms with van der Waals surface area (Å²) in [7, 11) is 0. The van der Waals surface area contributed by atoms with Gasteiger partial charge < -0.3 is 16.0 Å². The maximum atomic E-state index is 3.67. The molecular weight excluding hydrogens is 318 g/mol. The first-order valence-corrected chi connectivity index (χ1v) is 9.29. The molecule has 0 spiro atoms. The lowest BCUT2D eigenvalue weighted by atomic mass is 10.1. The van der Waals surface area contributed by atoms with Crippen molar-refractivity contribution in [3.8, 4) is 0 Å². The molecule has 0 atom stereocenters. The second kappa shape index (κ2) is 10.1. The molecule has 3 aromatic rings. The molecular formula is C23H27N3. The highest BCUT2D eigenvalue weighted by atomic mass is 15.0. The summed E-state index contributed by atoms with van der Waals surface area (Å²) in [5, 5.41) is 10.7. The Kier molecular flexibility index (Phi) is 6.97. The largest absolute Gasteiger partial charge is 0.385 e. The molecule has 3 aromatic carbocycles. The minimum Gasteiger partial charge on any atom is -0.385 e. The van der Waals surface area contributed by atoms with Crippen molar-refractivity contribution in [3.63, 3.8) is 0 Å². The third-order valence-corrected chi connectivity index (χ3v) is 4.34. The molecule has 0 aliphatic heterocycles. The monoisotopic (exact) mass is 345 g/mol. The van der Waals surface area contributed by atoms with Gasteiger partial charge in [0, 0.05) is 36.2 Å². The van der Waals surface area contributed by atoms with E-state index in [4.69, 9.17) is 0 Å². The first kappa shape index (κ1) is 17.9. The number of benzene rings is 3. The normalized spacial score (nSPS) is 10.5. The Morgan fingerprint density at radius 2 is 0.885 bits per heavy atom. The fourth-order valence-electron chi connectivity index (χ4n) is 2.95. The van der Waals surface area contributed by atoms with Crippen molar-refractivity contribution in [1.82, 2.24) is 0 Å². The van der Waals surface area contributed by atoms with Crippen LogP contribution < -0.4 is 16.0 Å². The summed E-state index contributed by atoms with van der Waals surface area (Å²) < 4.78 is 0. The van der Waals surface area contributed by atoms with E-state index in [0.29, 0.717) is 6.04 Å². The molecule has 0 bridgehead atoms. The molecule has 0 aliphatic rings. The zero-order chi connectivity index (χ0) is 17.9. The smallest absolute Gasteiger partial charge is 0.0342 e. The van der Waals surface area contributed by atoms with Gasteiger partial charge in [-0.15, -0.1) is 0 Å². The number of hydrogen-bond acceptors (Lipinski definition) is 3. The SMILES string of the molecule is c1ccc(NCCC(CCNc2ccccc2)Nc2ccccc2)cc1. The van der Waals surface area contributed by atoms with Gasteiger partial charge in [-0.25, -0.2) is 0 Å². The van der Waals surface area contributed by atoms with Gasteiger partial charge in [-0.2, -0.15) is 0 Å². The summed E-state index contributed by atoms with van der Waals surface area (Å²) >= 11 is 0. The number of para-hydroxylation sites is 3. The summed E-state index contributed by atoms with van der Waals surface area (Å²) in [5.41, 5.74) is 3.53. The van der Waals surface area contributed by atoms with Crippen molar-refractivity contribution in [2.45, 2.75) is 18.9 Å². The van der Waals surface area contributed by atoms with Crippen LogP contribution in [0.25, 0.3) is 0 Å². The maximum absolute atomic E-state index is 3.67. The number of nitrogens with one attached hydrogen (secondary N) is 3. The summed E-state index contributed by atoms with van der Waals surface area (Å²) in [4.78, 5) is 0. The molecule has 26 heavy (non-hydrogen) atoms. The van der Waals surface area contributed by atoms with E-state index in [1.165, 1.54) is 17.1 Å². The Morgan fingerprint density at radius 3 is 1.31 bits per heavy atom. The van der Waals surface area contributed by atoms with Crippen LogP contribution in [0.1, 0.15) is 12.8 Å². The summed E-state index contributed by atoms with van der Waals surface area (Å²) in [6, 6.07) is 31.6. The number of anilines is 3. The van der Waals surface area contributed by atoms with Gasteiger partial charge in [-0.1, -0.05) is 54.6 Å². The fourth-order valence-corrected chi connectivity index (χ4v) is 2.95. The summed E-state index contributed by atoms with van der Waals surface area (Å²) in [6.45, 7) is 1.89. The lowest BCUT2D eigenvalue weighted by Crippen LogP contribution is -2.25. The van der Waals surface area contributed by atoms with Crippen LogP contribution in [-0.4, -0.2) is 19.1 Å². The van der Waals surface area contributed by atoms with Gasteiger partial charge in [0.15, 0.2) is 0 Å². The highest BCUT2D eigenvalue weighted by Gasteiger charge is 2.08. The van der Waals surface area contributed by atoms with Crippen molar-refractivity contribution < 1.29 is 0 Å². The topological polar surface area (TPSA) is 36.1 Å². The Balaban J connectivity index is 1.50. The standard InChI is InChI=1S/C23H27N3/c1-4-10-20(11-5-1)24-18-16-23(26-22-14-8-3-9-15-22)17-19-25-21-12-6-2-7-13-21/h1-15,23-26H,16-19H2. The van der Waals surface area contributed by atoms with E-state index in [1.807, 2.05) is 18.2 Å². The van der Waals surface area contributed by atoms with E-state index in [2.05, 4.69) is 88.7 Å². The molecule has 0 saturated heterocycles. The van der Waals surface area contributed by atoms with Crippen LogP contribution in [0.5, 0.6) is 0 Å². The molecule has 0 aromatic heterocycles. The van der Waals surface area contributed by atoms with E-state index < -0.39 is 0 Å². The van der Waals surface area contributed by atoms with E-state index in [1.54, 1.807) is 0 Å². The van der Waals surface area contributed by atoms with Crippen LogP contribution >= 0.6 is 0 Å². The van der Waals surface area contributed by atoms with Crippen molar-refractivity contribution in [1.29, 1.82) is 0 Å². The van der Waals surface area contributed by atoms with Gasteiger partial charge >= 0.3 is 0 Å². The first-order valence-electron chi connectivity index (χ1n) is 9.29. The van der Waals surface area contributed by atoms with Gasteiger partial charge in [0.1, 0.15) is 0 Å². The fraction of sp³-hybridized carbons (Fsp3) is 0.217. The average Bonchev–Trinajstić information content (AvgIpc) is 2.70. The van der Waals surface area contributed by atoms with Crippen LogP contribution in [0.4, 0.5) is 17.1 Å². The van der Waals surface area contributed by atoms with Gasteiger partial charge in [-0.3, -0.25) is 0 Å². The Labute approximate surface area is 156 Å². The van der Waals surface area contributed by atoms with Crippen molar-refractivity contribution in [3.05, 3.63) is 91.0 Å². The lowest BCUT2D eigenvalue weighted by Gasteiger charge is -2.21. The van der Waals surface area contributed by atoms with E-state index in [9.17, 15) is 0 Å². The molecule has 0 aliphatic carbocycles. The minimum absolute atomic E-state index is 0.407. The second-order valence-electron chi connectivity index (χ2n) is 6.37. The van der Waals surface area contributed by atoms with Gasteiger partial charge in [0.05, 0.1) is 0 Å². The highest BCUT2D eigenvalue weighted by molar-refractivity contribution is 5.45. The molecule has 0 radical (unpaired) electrons. The van der Waals surface area contributed by atoms with Crippen molar-refractivity contribution in [2.24, 2.45) is 0 Å². The van der Waals surface area contributed by atoms with Crippen LogP contribution in [0.2, 0.25) is 0 Å². The van der Waals surface area contributed by atoms with E-state index >= 15 is 0 Å². The maximum Gasteiger partial charge on any atom is 0.0342 e. The molecule has 0 amide bonds. The predicted octanol–water partition coefficient (Wildman–Crippen LogP) is 5.47. The first-order chi connectivity index (χ1) is 12.9. The van der Waals surface area contributed by atoms with Gasteiger partial charge in [0.2, 0.25) is 0 Å². The second-order valence-corrected chi connectivity index (χ2v) is 6.37. The molecule has 0 fully saturated rings. The summed E-state index contributed by atoms with van der Waals surface area (Å²) in [6.07, 6.45) is 2.11. The third-order valence-electron chi connectivity index (χ3n) is 4.34. The quantitative estimate of drug-likeness (QED) is 0.456. The average molecular weight is 345 g/mol. The zero-order valence-electron chi connectivity index (χ0n) is 15.1. The molecule has 3 N–H and O–H groups in total.